The number of carbonyl (C=O) groups excluding carboxylic acids is 1. The lowest BCUT2D eigenvalue weighted by atomic mass is 9.97. The van der Waals surface area contributed by atoms with E-state index in [1.54, 1.807) is 4.90 Å². The minimum Gasteiger partial charge on any atom is -0.482 e. The molecule has 0 fully saturated rings. The minimum absolute atomic E-state index is 0.206. The highest BCUT2D eigenvalue weighted by Crippen LogP contribution is 2.42. The van der Waals surface area contributed by atoms with E-state index >= 15 is 0 Å². The van der Waals surface area contributed by atoms with Crippen molar-refractivity contribution in [2.75, 3.05) is 33.4 Å². The van der Waals surface area contributed by atoms with Crippen molar-refractivity contribution in [2.45, 2.75) is 38.0 Å². The molecule has 1 aromatic rings. The van der Waals surface area contributed by atoms with Gasteiger partial charge < -0.3 is 14.4 Å². The van der Waals surface area contributed by atoms with E-state index in [0.29, 0.717) is 37.0 Å². The number of amides is 2. The van der Waals surface area contributed by atoms with Crippen LogP contribution in [-0.4, -0.2) is 66.7 Å². The van der Waals surface area contributed by atoms with Gasteiger partial charge in [-0.2, -0.15) is 9.38 Å². The van der Waals surface area contributed by atoms with Crippen molar-refractivity contribution in [3.63, 3.8) is 0 Å². The molecule has 168 valence electrons. The number of aliphatic imine (C=N–C) groups is 2. The highest BCUT2D eigenvalue weighted by atomic mass is 32.2. The molecule has 0 saturated carbocycles. The summed E-state index contributed by atoms with van der Waals surface area (Å²) in [4.78, 5) is 23.1. The summed E-state index contributed by atoms with van der Waals surface area (Å²) in [6.07, 6.45) is 1.77. The molecule has 0 bridgehead atoms. The normalized spacial score (nSPS) is 20.1. The number of nitrogens with one attached hydrogen (secondary N) is 1. The van der Waals surface area contributed by atoms with Crippen LogP contribution in [0.3, 0.4) is 0 Å². The van der Waals surface area contributed by atoms with Crippen molar-refractivity contribution in [3.05, 3.63) is 41.8 Å². The predicted octanol–water partition coefficient (Wildman–Crippen LogP) is 4.07. The first-order valence-electron chi connectivity index (χ1n) is 10.5. The first-order chi connectivity index (χ1) is 15.1. The fourth-order valence-electron chi connectivity index (χ4n) is 3.46. The summed E-state index contributed by atoms with van der Waals surface area (Å²) < 4.78 is 25.7. The summed E-state index contributed by atoms with van der Waals surface area (Å²) in [6, 6.07) is 8.54. The minimum atomic E-state index is -0.583. The van der Waals surface area contributed by atoms with Gasteiger partial charge >= 0.3 is 6.03 Å². The van der Waals surface area contributed by atoms with Crippen LogP contribution in [0.2, 0.25) is 0 Å². The molecule has 9 heteroatoms. The molecule has 1 aromatic carbocycles. The summed E-state index contributed by atoms with van der Waals surface area (Å²) in [7, 11) is 1.45. The van der Waals surface area contributed by atoms with Gasteiger partial charge in [-0.1, -0.05) is 55.9 Å². The van der Waals surface area contributed by atoms with Gasteiger partial charge in [0.15, 0.2) is 5.17 Å². The van der Waals surface area contributed by atoms with Gasteiger partial charge in [0, 0.05) is 25.3 Å². The molecule has 3 rings (SSSR count). The number of benzene rings is 1. The molecule has 2 aliphatic heterocycles. The first-order valence-corrected chi connectivity index (χ1v) is 11.4. The molecule has 0 aromatic heterocycles. The number of fused-ring (bicyclic) bond motifs is 1. The Morgan fingerprint density at radius 1 is 1.19 bits per heavy atom. The molecule has 2 unspecified atom stereocenters. The Balaban J connectivity index is 1.73. The van der Waals surface area contributed by atoms with Crippen molar-refractivity contribution >= 4 is 34.4 Å². The second-order valence-electron chi connectivity index (χ2n) is 7.17. The van der Waals surface area contributed by atoms with E-state index in [1.165, 1.54) is 18.9 Å². The van der Waals surface area contributed by atoms with Gasteiger partial charge in [-0.05, 0) is 18.4 Å². The topological polar surface area (TPSA) is 75.5 Å². The Morgan fingerprint density at radius 2 is 1.97 bits per heavy atom. The smallest absolute Gasteiger partial charge is 0.323 e. The summed E-state index contributed by atoms with van der Waals surface area (Å²) in [5.41, 5.74) is 1.20. The lowest BCUT2D eigenvalue weighted by Gasteiger charge is -2.25. The van der Waals surface area contributed by atoms with Crippen LogP contribution in [0.1, 0.15) is 32.3 Å². The van der Waals surface area contributed by atoms with Crippen LogP contribution in [0, 0.1) is 0 Å². The van der Waals surface area contributed by atoms with E-state index < -0.39 is 12.0 Å². The Bertz CT molecular complexity index is 860. The van der Waals surface area contributed by atoms with Crippen molar-refractivity contribution in [1.82, 2.24) is 10.2 Å². The Hall–Kier alpha value is -2.39. The average molecular weight is 449 g/mol. The predicted molar refractivity (Wildman–Crippen MR) is 123 cm³/mol. The summed E-state index contributed by atoms with van der Waals surface area (Å²) >= 11 is 1.32. The van der Waals surface area contributed by atoms with E-state index in [0.717, 1.165) is 18.4 Å². The Labute approximate surface area is 186 Å². The summed E-state index contributed by atoms with van der Waals surface area (Å²) in [5, 5.41) is 2.95. The Morgan fingerprint density at radius 3 is 2.65 bits per heavy atom. The van der Waals surface area contributed by atoms with E-state index in [2.05, 4.69) is 15.3 Å². The van der Waals surface area contributed by atoms with Gasteiger partial charge in [-0.3, -0.25) is 5.32 Å². The van der Waals surface area contributed by atoms with Crippen LogP contribution in [0.15, 0.2) is 46.3 Å². The van der Waals surface area contributed by atoms with Gasteiger partial charge in [-0.15, -0.1) is 0 Å². The maximum Gasteiger partial charge on any atom is 0.323 e. The third kappa shape index (κ3) is 5.65. The number of hydrogen-bond donors (Lipinski definition) is 1. The lowest BCUT2D eigenvalue weighted by molar-refractivity contribution is 0.111. The SMILES string of the molecule is CCCOCCN(CCC)C(=O)NC1=NC2C(OC)=NC(F)=C(c3ccccc3)C2S1. The molecular weight excluding hydrogens is 419 g/mol. The van der Waals surface area contributed by atoms with Crippen LogP contribution in [-0.2, 0) is 9.47 Å². The third-order valence-electron chi connectivity index (χ3n) is 4.89. The molecule has 2 amide bonds. The van der Waals surface area contributed by atoms with Gasteiger partial charge in [0.2, 0.25) is 11.8 Å². The molecule has 2 atom stereocenters. The molecule has 2 heterocycles. The molecule has 7 nitrogen and oxygen atoms in total. The molecular formula is C22H29FN4O3S. The number of urea groups is 1. The maximum absolute atomic E-state index is 14.9. The molecule has 1 N–H and O–H groups in total. The molecule has 0 saturated heterocycles. The number of methoxy groups -OCH3 is 1. The van der Waals surface area contributed by atoms with E-state index in [-0.39, 0.29) is 17.2 Å². The number of halogens is 1. The van der Waals surface area contributed by atoms with Gasteiger partial charge in [-0.25, -0.2) is 9.79 Å². The molecule has 31 heavy (non-hydrogen) atoms. The number of amidine groups is 1. The highest BCUT2D eigenvalue weighted by Gasteiger charge is 2.43. The second kappa shape index (κ2) is 11.3. The number of rotatable bonds is 8. The number of ether oxygens (including phenoxy) is 2. The summed E-state index contributed by atoms with van der Waals surface area (Å²) in [6.45, 7) is 6.33. The average Bonchev–Trinajstić information content (AvgIpc) is 3.18. The zero-order chi connectivity index (χ0) is 22.2. The van der Waals surface area contributed by atoms with Crippen molar-refractivity contribution in [1.29, 1.82) is 0 Å². The van der Waals surface area contributed by atoms with Crippen LogP contribution >= 0.6 is 11.8 Å². The quantitative estimate of drug-likeness (QED) is 0.481. The van der Waals surface area contributed by atoms with Gasteiger partial charge in [0.05, 0.1) is 19.0 Å². The van der Waals surface area contributed by atoms with Crippen molar-refractivity contribution < 1.29 is 18.7 Å². The fraction of sp³-hybridized carbons (Fsp3) is 0.500. The zero-order valence-electron chi connectivity index (χ0n) is 18.1. The molecule has 2 aliphatic rings. The van der Waals surface area contributed by atoms with Crippen LogP contribution in [0.4, 0.5) is 9.18 Å². The largest absolute Gasteiger partial charge is 0.482 e. The summed E-state index contributed by atoms with van der Waals surface area (Å²) in [5.74, 6) is -0.377. The van der Waals surface area contributed by atoms with Gasteiger partial charge in [0.1, 0.15) is 6.04 Å². The first kappa shape index (κ1) is 23.3. The number of nitrogens with zero attached hydrogens (tertiary/aromatic N) is 3. The van der Waals surface area contributed by atoms with E-state index in [9.17, 15) is 9.18 Å². The lowest BCUT2D eigenvalue weighted by Crippen LogP contribution is -2.43. The van der Waals surface area contributed by atoms with Crippen LogP contribution in [0.25, 0.3) is 5.57 Å². The van der Waals surface area contributed by atoms with Crippen molar-refractivity contribution in [3.8, 4) is 0 Å². The monoisotopic (exact) mass is 448 g/mol. The fourth-order valence-corrected chi connectivity index (χ4v) is 4.68. The van der Waals surface area contributed by atoms with Crippen LogP contribution < -0.4 is 5.32 Å². The number of carbonyl (C=O) groups is 1. The van der Waals surface area contributed by atoms with Crippen molar-refractivity contribution in [2.24, 2.45) is 9.98 Å². The van der Waals surface area contributed by atoms with E-state index in [1.807, 2.05) is 44.2 Å². The maximum atomic E-state index is 14.9. The number of hydrogen-bond acceptors (Lipinski definition) is 6. The molecule has 0 radical (unpaired) electrons. The van der Waals surface area contributed by atoms with Crippen LogP contribution in [0.5, 0.6) is 0 Å². The highest BCUT2D eigenvalue weighted by molar-refractivity contribution is 8.15. The van der Waals surface area contributed by atoms with Gasteiger partial charge in [0.25, 0.3) is 0 Å². The van der Waals surface area contributed by atoms with E-state index in [4.69, 9.17) is 9.47 Å². The Kier molecular flexibility index (Phi) is 8.48. The molecule has 0 aliphatic carbocycles. The number of thioether (sulfide) groups is 1. The third-order valence-corrected chi connectivity index (χ3v) is 6.07. The second-order valence-corrected chi connectivity index (χ2v) is 8.30. The standard InChI is InChI=1S/C22H29FN4O3S/c1-4-11-27(12-14-30-13-5-2)22(28)26-21-24-17-18(31-21)16(15-9-7-6-8-10-15)19(23)25-20(17)29-3/h6-10,17-18H,4-5,11-14H2,1-3H3,(H,24,26,28). The zero-order valence-corrected chi connectivity index (χ0v) is 19.0. The molecule has 0 spiro atoms.